The van der Waals surface area contributed by atoms with Crippen LogP contribution < -0.4 is 33.2 Å². The molecular weight excluding hydrogens is 542 g/mol. The lowest BCUT2D eigenvalue weighted by Gasteiger charge is -2.32. The number of nitrogens with one attached hydrogen (secondary N) is 3. The van der Waals surface area contributed by atoms with E-state index in [4.69, 9.17) is 22.3 Å². The van der Waals surface area contributed by atoms with Crippen molar-refractivity contribution in [3.63, 3.8) is 0 Å². The van der Waals surface area contributed by atoms with Crippen LogP contribution in [0.1, 0.15) is 65.2 Å². The third-order valence-electron chi connectivity index (χ3n) is 6.67. The van der Waals surface area contributed by atoms with Gasteiger partial charge in [0.2, 0.25) is 29.5 Å². The number of nitrogens with two attached hydrogens (primary N) is 3. The van der Waals surface area contributed by atoms with Gasteiger partial charge in [0.1, 0.15) is 24.2 Å². The zero-order valence-corrected chi connectivity index (χ0v) is 23.5. The maximum absolute atomic E-state index is 13.5. The molecule has 0 radical (unpaired) electrons. The molecule has 41 heavy (non-hydrogen) atoms. The maximum atomic E-state index is 13.5. The largest absolute Gasteiger partial charge is 0.481 e. The number of hydrogen-bond acceptors (Lipinski definition) is 9. The van der Waals surface area contributed by atoms with Crippen LogP contribution in [0.25, 0.3) is 0 Å². The Morgan fingerprint density at radius 3 is 2.12 bits per heavy atom. The fraction of sp³-hybridized carbons (Fsp3) is 0.720. The quantitative estimate of drug-likeness (QED) is 0.0770. The molecule has 0 aromatic carbocycles. The summed E-state index contributed by atoms with van der Waals surface area (Å²) in [6.07, 6.45) is 0.825. The Kier molecular flexibility index (Phi) is 14.7. The zero-order valence-electron chi connectivity index (χ0n) is 23.5. The number of carbonyl (C=O) groups excluding carboxylic acids is 5. The van der Waals surface area contributed by atoms with Crippen LogP contribution in [0.15, 0.2) is 0 Å². The first kappa shape index (κ1) is 35.2. The van der Waals surface area contributed by atoms with Crippen molar-refractivity contribution in [1.29, 1.82) is 0 Å². The fourth-order valence-corrected chi connectivity index (χ4v) is 4.37. The van der Waals surface area contributed by atoms with Crippen LogP contribution in [0.5, 0.6) is 0 Å². The Bertz CT molecular complexity index is 975. The predicted molar refractivity (Wildman–Crippen MR) is 145 cm³/mol. The lowest BCUT2D eigenvalue weighted by atomic mass is 10.0. The van der Waals surface area contributed by atoms with E-state index in [-0.39, 0.29) is 19.4 Å². The minimum Gasteiger partial charge on any atom is -0.481 e. The van der Waals surface area contributed by atoms with E-state index in [0.717, 1.165) is 0 Å². The van der Waals surface area contributed by atoms with Crippen molar-refractivity contribution in [2.75, 3.05) is 13.1 Å². The Morgan fingerprint density at radius 2 is 1.59 bits per heavy atom. The molecule has 0 saturated carbocycles. The van der Waals surface area contributed by atoms with Gasteiger partial charge in [0.05, 0.1) is 12.5 Å². The van der Waals surface area contributed by atoms with E-state index in [9.17, 15) is 38.7 Å². The molecule has 232 valence electrons. The van der Waals surface area contributed by atoms with Crippen molar-refractivity contribution < 1.29 is 43.8 Å². The molecule has 16 nitrogen and oxygen atoms in total. The number of primary amides is 1. The molecule has 0 aromatic heterocycles. The van der Waals surface area contributed by atoms with Gasteiger partial charge >= 0.3 is 11.9 Å². The Morgan fingerprint density at radius 1 is 0.927 bits per heavy atom. The summed E-state index contributed by atoms with van der Waals surface area (Å²) in [5.41, 5.74) is 16.6. The summed E-state index contributed by atoms with van der Waals surface area (Å²) >= 11 is 0. The van der Waals surface area contributed by atoms with Gasteiger partial charge in [0, 0.05) is 13.0 Å². The van der Waals surface area contributed by atoms with Crippen molar-refractivity contribution in [2.24, 2.45) is 23.1 Å². The highest BCUT2D eigenvalue weighted by molar-refractivity contribution is 5.97. The van der Waals surface area contributed by atoms with E-state index in [1.807, 2.05) is 0 Å². The molecule has 1 aliphatic rings. The summed E-state index contributed by atoms with van der Waals surface area (Å²) in [7, 11) is 0. The van der Waals surface area contributed by atoms with Crippen LogP contribution in [-0.4, -0.2) is 99.9 Å². The number of carbonyl (C=O) groups is 7. The molecule has 0 aromatic rings. The number of amides is 5. The first-order valence-corrected chi connectivity index (χ1v) is 13.6. The van der Waals surface area contributed by atoms with E-state index in [1.165, 1.54) is 4.90 Å². The standard InChI is InChI=1S/C25H43N7O9/c1-13(2)20(31-22(37)16(12-18(28)33)30-21(36)14(27)6-3-4-10-26)24(39)32-11-5-7-17(32)23(38)29-15(25(40)41)8-9-19(34)35/h13-17,20H,3-12,26-27H2,1-2H3,(H2,28,33)(H,29,38)(H,30,36)(H,31,37)(H,34,35)(H,40,41)/t14-,15-,16-,17-,20-/m0/s1. The normalized spacial score (nSPS) is 17.7. The molecule has 1 heterocycles. The third-order valence-corrected chi connectivity index (χ3v) is 6.67. The average Bonchev–Trinajstić information content (AvgIpc) is 3.38. The highest BCUT2D eigenvalue weighted by Gasteiger charge is 2.40. The number of rotatable bonds is 18. The SMILES string of the molecule is CC(C)[C@H](NC(=O)[C@H](CC(N)=O)NC(=O)[C@@H](N)CCCCN)C(=O)N1CCC[C@H]1C(=O)N[C@@H](CCC(=O)O)C(=O)O. The Balaban J connectivity index is 3.01. The summed E-state index contributed by atoms with van der Waals surface area (Å²) in [6, 6.07) is -6.03. The van der Waals surface area contributed by atoms with Gasteiger partial charge in [-0.05, 0) is 44.6 Å². The van der Waals surface area contributed by atoms with E-state index in [2.05, 4.69) is 16.0 Å². The lowest BCUT2D eigenvalue weighted by Crippen LogP contribution is -2.60. The minimum atomic E-state index is -1.46. The molecule has 1 rings (SSSR count). The molecule has 0 spiro atoms. The Labute approximate surface area is 238 Å². The third kappa shape index (κ3) is 11.7. The van der Waals surface area contributed by atoms with Gasteiger partial charge in [-0.3, -0.25) is 28.8 Å². The molecule has 0 aliphatic carbocycles. The first-order valence-electron chi connectivity index (χ1n) is 13.6. The molecule has 1 aliphatic heterocycles. The average molecular weight is 586 g/mol. The maximum Gasteiger partial charge on any atom is 0.326 e. The molecule has 1 saturated heterocycles. The zero-order chi connectivity index (χ0) is 31.3. The second-order valence-electron chi connectivity index (χ2n) is 10.4. The van der Waals surface area contributed by atoms with Gasteiger partial charge in [-0.2, -0.15) is 0 Å². The molecule has 11 N–H and O–H groups in total. The van der Waals surface area contributed by atoms with Crippen molar-refractivity contribution in [1.82, 2.24) is 20.9 Å². The van der Waals surface area contributed by atoms with Gasteiger partial charge in [-0.15, -0.1) is 0 Å². The number of likely N-dealkylation sites (tertiary alicyclic amines) is 1. The topological polar surface area (TPSA) is 277 Å². The molecule has 0 bridgehead atoms. The highest BCUT2D eigenvalue weighted by atomic mass is 16.4. The van der Waals surface area contributed by atoms with Gasteiger partial charge in [0.15, 0.2) is 0 Å². The molecular formula is C25H43N7O9. The first-order chi connectivity index (χ1) is 19.2. The smallest absolute Gasteiger partial charge is 0.326 e. The predicted octanol–water partition coefficient (Wildman–Crippen LogP) is -2.63. The Hall–Kier alpha value is -3.79. The molecule has 1 fully saturated rings. The van der Waals surface area contributed by atoms with Gasteiger partial charge in [-0.25, -0.2) is 4.79 Å². The van der Waals surface area contributed by atoms with E-state index in [1.54, 1.807) is 13.8 Å². The van der Waals surface area contributed by atoms with Crippen LogP contribution in [0.3, 0.4) is 0 Å². The second-order valence-corrected chi connectivity index (χ2v) is 10.4. The number of nitrogens with zero attached hydrogens (tertiary/aromatic N) is 1. The van der Waals surface area contributed by atoms with Crippen LogP contribution in [0.4, 0.5) is 0 Å². The minimum absolute atomic E-state index is 0.155. The van der Waals surface area contributed by atoms with Gasteiger partial charge in [0.25, 0.3) is 0 Å². The number of unbranched alkanes of at least 4 members (excludes halogenated alkanes) is 1. The molecule has 16 heteroatoms. The summed E-state index contributed by atoms with van der Waals surface area (Å²) < 4.78 is 0. The van der Waals surface area contributed by atoms with Crippen LogP contribution in [0.2, 0.25) is 0 Å². The molecule has 5 atom stereocenters. The monoisotopic (exact) mass is 585 g/mol. The number of hydrogen-bond donors (Lipinski definition) is 8. The molecule has 0 unspecified atom stereocenters. The van der Waals surface area contributed by atoms with Crippen molar-refractivity contribution in [3.05, 3.63) is 0 Å². The van der Waals surface area contributed by atoms with Crippen molar-refractivity contribution in [2.45, 2.75) is 95.4 Å². The second kappa shape index (κ2) is 17.1. The molecule has 5 amide bonds. The fourth-order valence-electron chi connectivity index (χ4n) is 4.37. The number of aliphatic carboxylic acids is 2. The van der Waals surface area contributed by atoms with Gasteiger partial charge < -0.3 is 48.3 Å². The lowest BCUT2D eigenvalue weighted by molar-refractivity contribution is -0.146. The van der Waals surface area contributed by atoms with Crippen LogP contribution in [-0.2, 0) is 33.6 Å². The van der Waals surface area contributed by atoms with E-state index >= 15 is 0 Å². The number of carboxylic acid groups (broad SMARTS) is 2. The van der Waals surface area contributed by atoms with E-state index < -0.39 is 90.4 Å². The van der Waals surface area contributed by atoms with Crippen LogP contribution >= 0.6 is 0 Å². The van der Waals surface area contributed by atoms with Crippen molar-refractivity contribution in [3.8, 4) is 0 Å². The summed E-state index contributed by atoms with van der Waals surface area (Å²) in [5.74, 6) is -6.90. The van der Waals surface area contributed by atoms with Gasteiger partial charge in [-0.1, -0.05) is 20.3 Å². The summed E-state index contributed by atoms with van der Waals surface area (Å²) in [6.45, 7) is 3.88. The van der Waals surface area contributed by atoms with Crippen LogP contribution in [0, 0.1) is 5.92 Å². The van der Waals surface area contributed by atoms with Crippen molar-refractivity contribution >= 4 is 41.5 Å². The highest BCUT2D eigenvalue weighted by Crippen LogP contribution is 2.21. The summed E-state index contributed by atoms with van der Waals surface area (Å²) in [4.78, 5) is 87.3. The van der Waals surface area contributed by atoms with E-state index in [0.29, 0.717) is 32.2 Å². The number of carboxylic acids is 2. The summed E-state index contributed by atoms with van der Waals surface area (Å²) in [5, 5.41) is 25.5.